The van der Waals surface area contributed by atoms with Crippen molar-refractivity contribution in [3.63, 3.8) is 0 Å². The predicted molar refractivity (Wildman–Crippen MR) is 33.9 cm³/mol. The van der Waals surface area contributed by atoms with E-state index in [4.69, 9.17) is 25.8 Å². The van der Waals surface area contributed by atoms with Gasteiger partial charge in [0, 0.05) is 6.21 Å². The van der Waals surface area contributed by atoms with Gasteiger partial charge in [0.25, 0.3) is 0 Å². The van der Waals surface area contributed by atoms with E-state index in [2.05, 4.69) is 0 Å². The molecular weight excluding hydrogens is 138 g/mol. The van der Waals surface area contributed by atoms with Gasteiger partial charge in [-0.2, -0.15) is 0 Å². The van der Waals surface area contributed by atoms with Gasteiger partial charge in [-0.05, 0) is 0 Å². The van der Waals surface area contributed by atoms with Gasteiger partial charge in [-0.15, -0.1) is 0 Å². The second-order valence-electron chi connectivity index (χ2n) is 1.90. The molecule has 0 fully saturated rings. The second kappa shape index (κ2) is 4.35. The number of aliphatic hydroxyl groups is 4. The molecule has 5 N–H and O–H groups in total. The Morgan fingerprint density at radius 3 is 2.10 bits per heavy atom. The normalized spacial score (nSPS) is 19.6. The van der Waals surface area contributed by atoms with E-state index in [0.29, 0.717) is 6.21 Å². The largest absolute Gasteiger partial charge is 0.394 e. The summed E-state index contributed by atoms with van der Waals surface area (Å²) in [5.74, 6) is 0. The molecule has 0 aliphatic carbocycles. The van der Waals surface area contributed by atoms with Crippen LogP contribution in [0.4, 0.5) is 0 Å². The van der Waals surface area contributed by atoms with Crippen LogP contribution in [0, 0.1) is 5.41 Å². The highest BCUT2D eigenvalue weighted by atomic mass is 16.4. The molecule has 5 nitrogen and oxygen atoms in total. The first kappa shape index (κ1) is 9.51. The predicted octanol–water partition coefficient (Wildman–Crippen LogP) is -2.29. The minimum atomic E-state index is -1.48. The fourth-order valence-corrected chi connectivity index (χ4v) is 0.434. The highest BCUT2D eigenvalue weighted by Gasteiger charge is 2.21. The number of hydrogen-bond acceptors (Lipinski definition) is 5. The van der Waals surface area contributed by atoms with Crippen molar-refractivity contribution in [2.45, 2.75) is 18.3 Å². The van der Waals surface area contributed by atoms with Gasteiger partial charge < -0.3 is 25.8 Å². The van der Waals surface area contributed by atoms with Crippen molar-refractivity contribution in [1.82, 2.24) is 0 Å². The standard InChI is InChI=1S/C5H11NO4/c6-1-3(8)5(10)4(9)2-7/h1,3-10H,2H2. The highest BCUT2D eigenvalue weighted by Crippen LogP contribution is 1.96. The van der Waals surface area contributed by atoms with Crippen LogP contribution in [0.1, 0.15) is 0 Å². The smallest absolute Gasteiger partial charge is 0.117 e. The van der Waals surface area contributed by atoms with Gasteiger partial charge in [0.15, 0.2) is 0 Å². The van der Waals surface area contributed by atoms with Gasteiger partial charge in [-0.3, -0.25) is 0 Å². The van der Waals surface area contributed by atoms with E-state index in [1.807, 2.05) is 0 Å². The molecular formula is C5H11NO4. The maximum Gasteiger partial charge on any atom is 0.117 e. The minimum Gasteiger partial charge on any atom is -0.394 e. The molecule has 3 unspecified atom stereocenters. The molecule has 0 saturated carbocycles. The second-order valence-corrected chi connectivity index (χ2v) is 1.90. The Morgan fingerprint density at radius 1 is 1.30 bits per heavy atom. The maximum absolute atomic E-state index is 8.77. The molecule has 60 valence electrons. The summed E-state index contributed by atoms with van der Waals surface area (Å²) in [6, 6.07) is 0. The van der Waals surface area contributed by atoms with Crippen molar-refractivity contribution < 1.29 is 20.4 Å². The highest BCUT2D eigenvalue weighted by molar-refractivity contribution is 5.59. The number of hydrogen-bond donors (Lipinski definition) is 5. The molecule has 5 heteroatoms. The Kier molecular flexibility index (Phi) is 4.13. The molecule has 3 atom stereocenters. The molecule has 0 radical (unpaired) electrons. The first-order valence-corrected chi connectivity index (χ1v) is 2.79. The van der Waals surface area contributed by atoms with Crippen LogP contribution in [0.3, 0.4) is 0 Å². The summed E-state index contributed by atoms with van der Waals surface area (Å²) in [5, 5.41) is 40.8. The molecule has 0 bridgehead atoms. The van der Waals surface area contributed by atoms with E-state index in [-0.39, 0.29) is 0 Å². The summed E-state index contributed by atoms with van der Waals surface area (Å²) >= 11 is 0. The quantitative estimate of drug-likeness (QED) is 0.290. The lowest BCUT2D eigenvalue weighted by Crippen LogP contribution is -2.40. The first-order chi connectivity index (χ1) is 4.63. The molecule has 0 aliphatic rings. The molecule has 0 spiro atoms. The molecule has 0 aromatic heterocycles. The van der Waals surface area contributed by atoms with E-state index in [1.54, 1.807) is 0 Å². The third kappa shape index (κ3) is 2.40. The maximum atomic E-state index is 8.77. The van der Waals surface area contributed by atoms with E-state index in [0.717, 1.165) is 0 Å². The monoisotopic (exact) mass is 149 g/mol. The summed E-state index contributed by atoms with van der Waals surface area (Å²) in [6.07, 6.45) is -3.70. The molecule has 0 heterocycles. The van der Waals surface area contributed by atoms with Gasteiger partial charge in [0.05, 0.1) is 6.61 Å². The topological polar surface area (TPSA) is 105 Å². The summed E-state index contributed by atoms with van der Waals surface area (Å²) in [7, 11) is 0. The fraction of sp³-hybridized carbons (Fsp3) is 0.800. The van der Waals surface area contributed by atoms with Crippen LogP contribution in [0.15, 0.2) is 0 Å². The SMILES string of the molecule is N=CC(O)C(O)C(O)CO. The van der Waals surface area contributed by atoms with Gasteiger partial charge in [0.1, 0.15) is 18.3 Å². The summed E-state index contributed by atoms with van der Waals surface area (Å²) in [4.78, 5) is 0. The third-order valence-electron chi connectivity index (χ3n) is 1.10. The number of aliphatic hydroxyl groups excluding tert-OH is 4. The Labute approximate surface area is 58.1 Å². The Hall–Kier alpha value is -0.490. The van der Waals surface area contributed by atoms with Crippen molar-refractivity contribution >= 4 is 6.21 Å². The molecule has 0 aromatic carbocycles. The van der Waals surface area contributed by atoms with Gasteiger partial charge in [-0.25, -0.2) is 0 Å². The van der Waals surface area contributed by atoms with Crippen LogP contribution in [0.2, 0.25) is 0 Å². The molecule has 0 aliphatic heterocycles. The van der Waals surface area contributed by atoms with Crippen molar-refractivity contribution in [2.24, 2.45) is 0 Å². The van der Waals surface area contributed by atoms with E-state index < -0.39 is 24.9 Å². The van der Waals surface area contributed by atoms with Crippen molar-refractivity contribution in [2.75, 3.05) is 6.61 Å². The van der Waals surface area contributed by atoms with Crippen LogP contribution < -0.4 is 0 Å². The molecule has 0 aromatic rings. The van der Waals surface area contributed by atoms with Crippen molar-refractivity contribution in [3.05, 3.63) is 0 Å². The zero-order valence-electron chi connectivity index (χ0n) is 5.31. The van der Waals surface area contributed by atoms with E-state index in [1.165, 1.54) is 0 Å². The van der Waals surface area contributed by atoms with Crippen molar-refractivity contribution in [3.8, 4) is 0 Å². The Balaban J connectivity index is 3.80. The lowest BCUT2D eigenvalue weighted by atomic mass is 10.1. The van der Waals surface area contributed by atoms with Gasteiger partial charge in [0.2, 0.25) is 0 Å². The number of rotatable bonds is 4. The Bertz CT molecular complexity index is 108. The van der Waals surface area contributed by atoms with Crippen LogP contribution >= 0.6 is 0 Å². The molecule has 0 rings (SSSR count). The zero-order chi connectivity index (χ0) is 8.15. The summed E-state index contributed by atoms with van der Waals surface area (Å²) in [6.45, 7) is -0.633. The minimum absolute atomic E-state index is 0.587. The lowest BCUT2D eigenvalue weighted by Gasteiger charge is -2.17. The summed E-state index contributed by atoms with van der Waals surface area (Å²) < 4.78 is 0. The van der Waals surface area contributed by atoms with Crippen LogP contribution in [0.25, 0.3) is 0 Å². The zero-order valence-corrected chi connectivity index (χ0v) is 5.31. The number of nitrogens with one attached hydrogen (secondary N) is 1. The Morgan fingerprint density at radius 2 is 1.80 bits per heavy atom. The first-order valence-electron chi connectivity index (χ1n) is 2.79. The third-order valence-corrected chi connectivity index (χ3v) is 1.10. The van der Waals surface area contributed by atoms with Crippen molar-refractivity contribution in [1.29, 1.82) is 5.41 Å². The van der Waals surface area contributed by atoms with Gasteiger partial charge >= 0.3 is 0 Å². The molecule has 10 heavy (non-hydrogen) atoms. The van der Waals surface area contributed by atoms with Crippen LogP contribution in [-0.2, 0) is 0 Å². The van der Waals surface area contributed by atoms with Crippen LogP contribution in [-0.4, -0.2) is 51.6 Å². The summed E-state index contributed by atoms with van der Waals surface area (Å²) in [5.41, 5.74) is 0. The average molecular weight is 149 g/mol. The molecule has 0 saturated heterocycles. The van der Waals surface area contributed by atoms with Gasteiger partial charge in [-0.1, -0.05) is 0 Å². The molecule has 0 amide bonds. The fourth-order valence-electron chi connectivity index (χ4n) is 0.434. The average Bonchev–Trinajstić information content (AvgIpc) is 2.00. The van der Waals surface area contributed by atoms with E-state index in [9.17, 15) is 0 Å². The lowest BCUT2D eigenvalue weighted by molar-refractivity contribution is -0.0542. The van der Waals surface area contributed by atoms with Crippen LogP contribution in [0.5, 0.6) is 0 Å². The van der Waals surface area contributed by atoms with E-state index >= 15 is 0 Å².